The number of rotatable bonds is 4. The minimum Gasteiger partial charge on any atom is -0.339 e. The molecular weight excluding hydrogens is 259 g/mol. The predicted octanol–water partition coefficient (Wildman–Crippen LogP) is 3.18. The highest BCUT2D eigenvalue weighted by Crippen LogP contribution is 2.26. The van der Waals surface area contributed by atoms with Crippen LogP contribution in [0, 0.1) is 11.7 Å². The van der Waals surface area contributed by atoms with Crippen molar-refractivity contribution in [3.63, 3.8) is 0 Å². The highest BCUT2D eigenvalue weighted by atomic mass is 19.1. The number of halogens is 1. The third-order valence-electron chi connectivity index (χ3n) is 3.71. The Morgan fingerprint density at radius 2 is 1.95 bits per heavy atom. The molecule has 0 spiro atoms. The van der Waals surface area contributed by atoms with Gasteiger partial charge >= 0.3 is 0 Å². The first-order valence-electron chi connectivity index (χ1n) is 6.83. The van der Waals surface area contributed by atoms with E-state index < -0.39 is 0 Å². The maximum Gasteiger partial charge on any atom is 0.234 e. The number of Topliss-reactive ketones (excluding diaryl/α,β-unsaturated/α-hetero) is 1. The molecule has 0 saturated heterocycles. The largest absolute Gasteiger partial charge is 0.339 e. The van der Waals surface area contributed by atoms with Crippen molar-refractivity contribution < 1.29 is 13.7 Å². The third-order valence-corrected chi connectivity index (χ3v) is 3.71. The number of aromatic nitrogens is 2. The van der Waals surface area contributed by atoms with Gasteiger partial charge in [-0.1, -0.05) is 18.0 Å². The SMILES string of the molecule is O=C(Cc1nc(-c2ccc(F)cc2)no1)C1CCCC1. The number of ketones is 1. The summed E-state index contributed by atoms with van der Waals surface area (Å²) in [6.07, 6.45) is 4.39. The molecule has 0 bridgehead atoms. The van der Waals surface area contributed by atoms with E-state index >= 15 is 0 Å². The van der Waals surface area contributed by atoms with Crippen molar-refractivity contribution in [1.29, 1.82) is 0 Å². The van der Waals surface area contributed by atoms with Crippen molar-refractivity contribution in [2.75, 3.05) is 0 Å². The maximum absolute atomic E-state index is 12.8. The summed E-state index contributed by atoms with van der Waals surface area (Å²) in [4.78, 5) is 16.2. The third kappa shape index (κ3) is 2.76. The quantitative estimate of drug-likeness (QED) is 0.859. The lowest BCUT2D eigenvalue weighted by molar-refractivity contribution is -0.122. The van der Waals surface area contributed by atoms with Crippen LogP contribution < -0.4 is 0 Å². The molecule has 0 unspecified atom stereocenters. The fourth-order valence-electron chi connectivity index (χ4n) is 2.58. The van der Waals surface area contributed by atoms with E-state index in [2.05, 4.69) is 10.1 Å². The Bertz CT molecular complexity index is 601. The molecular formula is C15H15FN2O2. The van der Waals surface area contributed by atoms with Crippen LogP contribution in [0.15, 0.2) is 28.8 Å². The van der Waals surface area contributed by atoms with Gasteiger partial charge in [0.15, 0.2) is 0 Å². The van der Waals surface area contributed by atoms with Gasteiger partial charge in [-0.2, -0.15) is 4.98 Å². The summed E-state index contributed by atoms with van der Waals surface area (Å²) in [5.74, 6) is 0.738. The second-order valence-corrected chi connectivity index (χ2v) is 5.14. The van der Waals surface area contributed by atoms with Gasteiger partial charge in [0.25, 0.3) is 0 Å². The lowest BCUT2D eigenvalue weighted by Gasteiger charge is -2.04. The summed E-state index contributed by atoms with van der Waals surface area (Å²) in [7, 11) is 0. The molecule has 1 saturated carbocycles. The van der Waals surface area contributed by atoms with E-state index in [-0.39, 0.29) is 23.9 Å². The zero-order valence-electron chi connectivity index (χ0n) is 11.0. The highest BCUT2D eigenvalue weighted by molar-refractivity contribution is 5.82. The minimum absolute atomic E-state index is 0.149. The molecule has 0 aliphatic heterocycles. The van der Waals surface area contributed by atoms with Crippen LogP contribution in [0.25, 0.3) is 11.4 Å². The Morgan fingerprint density at radius 3 is 2.65 bits per heavy atom. The molecule has 4 nitrogen and oxygen atoms in total. The second-order valence-electron chi connectivity index (χ2n) is 5.14. The summed E-state index contributed by atoms with van der Waals surface area (Å²) in [6.45, 7) is 0. The van der Waals surface area contributed by atoms with Crippen LogP contribution in [-0.2, 0) is 11.2 Å². The lowest BCUT2D eigenvalue weighted by atomic mass is 10.0. The van der Waals surface area contributed by atoms with E-state index in [4.69, 9.17) is 4.52 Å². The smallest absolute Gasteiger partial charge is 0.234 e. The van der Waals surface area contributed by atoms with Crippen molar-refractivity contribution >= 4 is 5.78 Å². The zero-order chi connectivity index (χ0) is 13.9. The van der Waals surface area contributed by atoms with E-state index in [1.54, 1.807) is 12.1 Å². The minimum atomic E-state index is -0.311. The molecule has 104 valence electrons. The van der Waals surface area contributed by atoms with Gasteiger partial charge in [0, 0.05) is 11.5 Å². The molecule has 3 rings (SSSR count). The first kappa shape index (κ1) is 13.0. The summed E-state index contributed by atoms with van der Waals surface area (Å²) in [5, 5.41) is 3.83. The molecule has 1 heterocycles. The first-order valence-corrected chi connectivity index (χ1v) is 6.83. The number of carbonyl (C=O) groups excluding carboxylic acids is 1. The first-order chi connectivity index (χ1) is 9.72. The molecule has 0 radical (unpaired) electrons. The second kappa shape index (κ2) is 5.53. The van der Waals surface area contributed by atoms with Crippen molar-refractivity contribution in [1.82, 2.24) is 10.1 Å². The van der Waals surface area contributed by atoms with Crippen molar-refractivity contribution in [3.8, 4) is 11.4 Å². The zero-order valence-corrected chi connectivity index (χ0v) is 11.0. The van der Waals surface area contributed by atoms with Crippen LogP contribution >= 0.6 is 0 Å². The van der Waals surface area contributed by atoms with Crippen molar-refractivity contribution in [3.05, 3.63) is 36.0 Å². The molecule has 20 heavy (non-hydrogen) atoms. The Labute approximate surface area is 116 Å². The predicted molar refractivity (Wildman–Crippen MR) is 70.4 cm³/mol. The van der Waals surface area contributed by atoms with E-state index in [1.807, 2.05) is 0 Å². The van der Waals surface area contributed by atoms with Crippen LogP contribution in [0.2, 0.25) is 0 Å². The molecule has 1 aliphatic rings. The lowest BCUT2D eigenvalue weighted by Crippen LogP contribution is -2.13. The summed E-state index contributed by atoms with van der Waals surface area (Å²) < 4.78 is 17.9. The highest BCUT2D eigenvalue weighted by Gasteiger charge is 2.24. The standard InChI is InChI=1S/C15H15FN2O2/c16-12-7-5-11(6-8-12)15-17-14(20-18-15)9-13(19)10-3-1-2-4-10/h5-8,10H,1-4,9H2. The van der Waals surface area contributed by atoms with Crippen LogP contribution in [-0.4, -0.2) is 15.9 Å². The Hall–Kier alpha value is -2.04. The number of benzene rings is 1. The molecule has 1 aromatic carbocycles. The van der Waals surface area contributed by atoms with Crippen LogP contribution in [0.5, 0.6) is 0 Å². The van der Waals surface area contributed by atoms with E-state index in [9.17, 15) is 9.18 Å². The average molecular weight is 274 g/mol. The van der Waals surface area contributed by atoms with Crippen molar-refractivity contribution in [2.24, 2.45) is 5.92 Å². The van der Waals surface area contributed by atoms with E-state index in [0.717, 1.165) is 25.7 Å². The molecule has 1 aliphatic carbocycles. The Balaban J connectivity index is 1.70. The maximum atomic E-state index is 12.8. The van der Waals surface area contributed by atoms with Crippen LogP contribution in [0.4, 0.5) is 4.39 Å². The monoisotopic (exact) mass is 274 g/mol. The van der Waals surface area contributed by atoms with Gasteiger partial charge in [-0.25, -0.2) is 4.39 Å². The van der Waals surface area contributed by atoms with Crippen LogP contribution in [0.3, 0.4) is 0 Å². The van der Waals surface area contributed by atoms with E-state index in [0.29, 0.717) is 17.3 Å². The van der Waals surface area contributed by atoms with Crippen molar-refractivity contribution in [2.45, 2.75) is 32.1 Å². The van der Waals surface area contributed by atoms with Gasteiger partial charge in [0.2, 0.25) is 11.7 Å². The van der Waals surface area contributed by atoms with Crippen LogP contribution in [0.1, 0.15) is 31.6 Å². The van der Waals surface area contributed by atoms with Gasteiger partial charge in [-0.15, -0.1) is 0 Å². The van der Waals surface area contributed by atoms with Gasteiger partial charge in [-0.05, 0) is 37.1 Å². The summed E-state index contributed by atoms with van der Waals surface area (Å²) in [5.41, 5.74) is 0.676. The molecule has 2 aromatic rings. The Kier molecular flexibility index (Phi) is 3.58. The molecule has 5 heteroatoms. The van der Waals surface area contributed by atoms with E-state index in [1.165, 1.54) is 12.1 Å². The Morgan fingerprint density at radius 1 is 1.25 bits per heavy atom. The molecule has 0 atom stereocenters. The number of nitrogens with zero attached hydrogens (tertiary/aromatic N) is 2. The number of hydrogen-bond donors (Lipinski definition) is 0. The molecule has 1 fully saturated rings. The number of carbonyl (C=O) groups is 1. The summed E-state index contributed by atoms with van der Waals surface area (Å²) >= 11 is 0. The van der Waals surface area contributed by atoms with Gasteiger partial charge in [0.1, 0.15) is 11.6 Å². The molecule has 0 amide bonds. The molecule has 0 N–H and O–H groups in total. The molecule has 1 aromatic heterocycles. The number of hydrogen-bond acceptors (Lipinski definition) is 4. The summed E-state index contributed by atoms with van der Waals surface area (Å²) in [6, 6.07) is 5.86. The fourth-order valence-corrected chi connectivity index (χ4v) is 2.58. The van der Waals surface area contributed by atoms with Gasteiger partial charge in [-0.3, -0.25) is 4.79 Å². The average Bonchev–Trinajstić information content (AvgIpc) is 3.10. The van der Waals surface area contributed by atoms with Gasteiger partial charge < -0.3 is 4.52 Å². The fraction of sp³-hybridized carbons (Fsp3) is 0.400. The normalized spacial score (nSPS) is 15.7. The topological polar surface area (TPSA) is 56.0 Å². The van der Waals surface area contributed by atoms with Gasteiger partial charge in [0.05, 0.1) is 6.42 Å².